The molecule has 1 saturated heterocycles. The number of hydrogen-bond donors (Lipinski definition) is 0. The van der Waals surface area contributed by atoms with Gasteiger partial charge in [-0.3, -0.25) is 4.90 Å². The molecule has 0 amide bonds. The van der Waals surface area contributed by atoms with E-state index in [0.29, 0.717) is 6.04 Å². The predicted molar refractivity (Wildman–Crippen MR) is 101 cm³/mol. The first-order valence-corrected chi connectivity index (χ1v) is 9.01. The fourth-order valence-electron chi connectivity index (χ4n) is 3.50. The predicted octanol–water partition coefficient (Wildman–Crippen LogP) is 4.39. The zero-order valence-electron chi connectivity index (χ0n) is 15.0. The number of methoxy groups -OCH3 is 1. The summed E-state index contributed by atoms with van der Waals surface area (Å²) in [6, 6.07) is 15.6. The zero-order chi connectivity index (χ0) is 18.4. The van der Waals surface area contributed by atoms with Gasteiger partial charge in [-0.25, -0.2) is 9.18 Å². The number of ether oxygens (including phenoxy) is 1. The van der Waals surface area contributed by atoms with Crippen molar-refractivity contribution in [3.05, 3.63) is 77.1 Å². The largest absolute Gasteiger partial charge is 0.466 e. The molecule has 2 aromatic carbocycles. The van der Waals surface area contributed by atoms with Crippen LogP contribution >= 0.6 is 0 Å². The SMILES string of the molecule is COC(=O)C=Cc1ccc([C@@H]2CCCN2CCc2ccccc2F)cc1. The topological polar surface area (TPSA) is 29.5 Å². The molecule has 0 bridgehead atoms. The maximum absolute atomic E-state index is 13.8. The van der Waals surface area contributed by atoms with Crippen molar-refractivity contribution in [2.75, 3.05) is 20.2 Å². The van der Waals surface area contributed by atoms with Gasteiger partial charge in [-0.2, -0.15) is 0 Å². The third kappa shape index (κ3) is 4.58. The van der Waals surface area contributed by atoms with Crippen LogP contribution in [0.3, 0.4) is 0 Å². The molecule has 136 valence electrons. The summed E-state index contributed by atoms with van der Waals surface area (Å²) in [5.41, 5.74) is 3.02. The molecule has 3 rings (SSSR count). The van der Waals surface area contributed by atoms with Crippen LogP contribution in [0, 0.1) is 5.82 Å². The summed E-state index contributed by atoms with van der Waals surface area (Å²) in [7, 11) is 1.37. The maximum atomic E-state index is 13.8. The normalized spacial score (nSPS) is 17.7. The van der Waals surface area contributed by atoms with Gasteiger partial charge < -0.3 is 4.74 Å². The summed E-state index contributed by atoms with van der Waals surface area (Å²) in [4.78, 5) is 13.6. The lowest BCUT2D eigenvalue weighted by atomic mass is 10.0. The minimum atomic E-state index is -0.357. The first kappa shape index (κ1) is 18.3. The summed E-state index contributed by atoms with van der Waals surface area (Å²) >= 11 is 0. The smallest absolute Gasteiger partial charge is 0.330 e. The molecule has 1 fully saturated rings. The molecule has 0 unspecified atom stereocenters. The van der Waals surface area contributed by atoms with Crippen LogP contribution in [0.1, 0.15) is 35.6 Å². The lowest BCUT2D eigenvalue weighted by Gasteiger charge is -2.25. The monoisotopic (exact) mass is 353 g/mol. The van der Waals surface area contributed by atoms with Crippen LogP contribution in [-0.2, 0) is 16.0 Å². The first-order valence-electron chi connectivity index (χ1n) is 9.01. The van der Waals surface area contributed by atoms with Crippen LogP contribution < -0.4 is 0 Å². The van der Waals surface area contributed by atoms with E-state index < -0.39 is 0 Å². The standard InChI is InChI=1S/C22H24FNO2/c1-26-22(25)13-10-17-8-11-19(12-9-17)21-7-4-15-24(21)16-14-18-5-2-3-6-20(18)23/h2-3,5-6,8-13,21H,4,7,14-16H2,1H3/t21-/m0/s1. The highest BCUT2D eigenvalue weighted by atomic mass is 19.1. The van der Waals surface area contributed by atoms with Crippen LogP contribution in [0.15, 0.2) is 54.6 Å². The van der Waals surface area contributed by atoms with E-state index in [9.17, 15) is 9.18 Å². The average Bonchev–Trinajstić information content (AvgIpc) is 3.14. The van der Waals surface area contributed by atoms with E-state index in [1.165, 1.54) is 24.8 Å². The zero-order valence-corrected chi connectivity index (χ0v) is 15.0. The van der Waals surface area contributed by atoms with Gasteiger partial charge in [0.1, 0.15) is 5.82 Å². The molecule has 1 heterocycles. The third-order valence-electron chi connectivity index (χ3n) is 4.92. The Morgan fingerprint density at radius 3 is 2.73 bits per heavy atom. The van der Waals surface area contributed by atoms with Crippen LogP contribution in [0.2, 0.25) is 0 Å². The fourth-order valence-corrected chi connectivity index (χ4v) is 3.50. The van der Waals surface area contributed by atoms with Gasteiger partial charge >= 0.3 is 5.97 Å². The molecule has 0 N–H and O–H groups in total. The Balaban J connectivity index is 1.63. The Labute approximate surface area is 154 Å². The van der Waals surface area contributed by atoms with Crippen molar-refractivity contribution in [2.45, 2.75) is 25.3 Å². The van der Waals surface area contributed by atoms with Gasteiger partial charge in [-0.15, -0.1) is 0 Å². The van der Waals surface area contributed by atoms with Gasteiger partial charge in [0.25, 0.3) is 0 Å². The molecule has 0 spiro atoms. The number of halogens is 1. The van der Waals surface area contributed by atoms with Gasteiger partial charge in [0.2, 0.25) is 0 Å². The Hall–Kier alpha value is -2.46. The number of hydrogen-bond acceptors (Lipinski definition) is 3. The van der Waals surface area contributed by atoms with E-state index in [0.717, 1.165) is 43.5 Å². The van der Waals surface area contributed by atoms with Gasteiger partial charge in [0.05, 0.1) is 7.11 Å². The third-order valence-corrected chi connectivity index (χ3v) is 4.92. The Morgan fingerprint density at radius 2 is 2.00 bits per heavy atom. The lowest BCUT2D eigenvalue weighted by Crippen LogP contribution is -2.26. The van der Waals surface area contributed by atoms with E-state index in [2.05, 4.69) is 21.8 Å². The van der Waals surface area contributed by atoms with Crippen molar-refractivity contribution in [3.63, 3.8) is 0 Å². The second-order valence-electron chi connectivity index (χ2n) is 6.56. The molecule has 0 aromatic heterocycles. The first-order chi connectivity index (χ1) is 12.7. The molecule has 3 nitrogen and oxygen atoms in total. The summed E-state index contributed by atoms with van der Waals surface area (Å²) in [5, 5.41) is 0. The molecule has 1 aliphatic rings. The Bertz CT molecular complexity index is 770. The van der Waals surface area contributed by atoms with Gasteiger partial charge in [-0.1, -0.05) is 42.5 Å². The highest BCUT2D eigenvalue weighted by Crippen LogP contribution is 2.32. The molecule has 2 aromatic rings. The molecule has 0 saturated carbocycles. The number of nitrogens with zero attached hydrogens (tertiary/aromatic N) is 1. The Kier molecular flexibility index (Phi) is 6.18. The second kappa shape index (κ2) is 8.77. The number of carbonyl (C=O) groups excluding carboxylic acids is 1. The quantitative estimate of drug-likeness (QED) is 0.570. The van der Waals surface area contributed by atoms with Crippen LogP contribution in [0.5, 0.6) is 0 Å². The van der Waals surface area contributed by atoms with Crippen LogP contribution in [0.4, 0.5) is 4.39 Å². The number of likely N-dealkylation sites (tertiary alicyclic amines) is 1. The highest BCUT2D eigenvalue weighted by Gasteiger charge is 2.25. The minimum absolute atomic E-state index is 0.120. The van der Waals surface area contributed by atoms with Crippen molar-refractivity contribution in [3.8, 4) is 0 Å². The summed E-state index contributed by atoms with van der Waals surface area (Å²) in [5.74, 6) is -0.478. The van der Waals surface area contributed by atoms with Crippen molar-refractivity contribution in [1.82, 2.24) is 4.90 Å². The summed E-state index contributed by atoms with van der Waals surface area (Å²) < 4.78 is 18.4. The maximum Gasteiger partial charge on any atom is 0.330 e. The molecule has 0 radical (unpaired) electrons. The van der Waals surface area contributed by atoms with Gasteiger partial charge in [0, 0.05) is 18.7 Å². The van der Waals surface area contributed by atoms with Crippen molar-refractivity contribution < 1.29 is 13.9 Å². The number of rotatable bonds is 6. The van der Waals surface area contributed by atoms with E-state index in [1.54, 1.807) is 12.1 Å². The van der Waals surface area contributed by atoms with Gasteiger partial charge in [-0.05, 0) is 54.6 Å². The number of esters is 1. The van der Waals surface area contributed by atoms with Gasteiger partial charge in [0.15, 0.2) is 0 Å². The van der Waals surface area contributed by atoms with Crippen molar-refractivity contribution in [1.29, 1.82) is 0 Å². The molecule has 26 heavy (non-hydrogen) atoms. The van der Waals surface area contributed by atoms with Crippen molar-refractivity contribution in [2.24, 2.45) is 0 Å². The van der Waals surface area contributed by atoms with E-state index in [-0.39, 0.29) is 11.8 Å². The number of benzene rings is 2. The number of carbonyl (C=O) groups is 1. The summed E-state index contributed by atoms with van der Waals surface area (Å²) in [6.07, 6.45) is 6.18. The molecule has 1 atom stereocenters. The molecular weight excluding hydrogens is 329 g/mol. The van der Waals surface area contributed by atoms with Crippen LogP contribution in [0.25, 0.3) is 6.08 Å². The van der Waals surface area contributed by atoms with Crippen molar-refractivity contribution >= 4 is 12.0 Å². The van der Waals surface area contributed by atoms with E-state index >= 15 is 0 Å². The Morgan fingerprint density at radius 1 is 1.23 bits per heavy atom. The highest BCUT2D eigenvalue weighted by molar-refractivity contribution is 5.86. The molecule has 0 aliphatic carbocycles. The minimum Gasteiger partial charge on any atom is -0.466 e. The molecule has 1 aliphatic heterocycles. The average molecular weight is 353 g/mol. The van der Waals surface area contributed by atoms with E-state index in [1.807, 2.05) is 24.3 Å². The molecule has 4 heteroatoms. The van der Waals surface area contributed by atoms with Crippen LogP contribution in [-0.4, -0.2) is 31.1 Å². The van der Waals surface area contributed by atoms with E-state index in [4.69, 9.17) is 0 Å². The summed E-state index contributed by atoms with van der Waals surface area (Å²) in [6.45, 7) is 1.90. The molecular formula is C22H24FNO2. The second-order valence-corrected chi connectivity index (χ2v) is 6.56. The lowest BCUT2D eigenvalue weighted by molar-refractivity contribution is -0.134. The fraction of sp³-hybridized carbons (Fsp3) is 0.318.